The molecule has 4 heteroatoms. The quantitative estimate of drug-likeness (QED) is 0.790. The topological polar surface area (TPSA) is 61.3 Å². The molecule has 0 aliphatic heterocycles. The molecule has 3 aromatic rings. The van der Waals surface area contributed by atoms with Crippen LogP contribution in [-0.2, 0) is 0 Å². The fourth-order valence-electron chi connectivity index (χ4n) is 2.44. The summed E-state index contributed by atoms with van der Waals surface area (Å²) in [6, 6.07) is 15.7. The summed E-state index contributed by atoms with van der Waals surface area (Å²) in [5.74, 6) is 1.05. The molecular weight excluding hydrogens is 264 g/mol. The average molecular weight is 280 g/mol. The summed E-state index contributed by atoms with van der Waals surface area (Å²) in [4.78, 5) is 0. The number of nitrogen functional groups attached to an aromatic ring is 1. The monoisotopic (exact) mass is 280 g/mol. The van der Waals surface area contributed by atoms with Crippen molar-refractivity contribution in [2.24, 2.45) is 0 Å². The molecule has 1 heterocycles. The number of benzene rings is 2. The number of hydrogen-bond donors (Lipinski definition) is 1. The average Bonchev–Trinajstić information content (AvgIpc) is 2.89. The summed E-state index contributed by atoms with van der Waals surface area (Å²) in [6.45, 7) is 2.04. The van der Waals surface area contributed by atoms with Gasteiger partial charge in [0.05, 0.1) is 12.7 Å². The molecule has 3 rings (SSSR count). The van der Waals surface area contributed by atoms with Gasteiger partial charge in [0.1, 0.15) is 11.4 Å². The molecule has 106 valence electrons. The van der Waals surface area contributed by atoms with Crippen LogP contribution >= 0.6 is 0 Å². The van der Waals surface area contributed by atoms with Crippen LogP contribution in [0.25, 0.3) is 22.4 Å². The SMILES string of the molecule is COc1ccccc1-c1noc(N)c1-c1ccccc1C. The van der Waals surface area contributed by atoms with E-state index < -0.39 is 0 Å². The predicted octanol–water partition coefficient (Wildman–Crippen LogP) is 3.91. The van der Waals surface area contributed by atoms with Crippen LogP contribution in [0.4, 0.5) is 5.88 Å². The van der Waals surface area contributed by atoms with Gasteiger partial charge in [-0.15, -0.1) is 0 Å². The highest BCUT2D eigenvalue weighted by molar-refractivity contribution is 5.89. The highest BCUT2D eigenvalue weighted by Gasteiger charge is 2.20. The Bertz CT molecular complexity index is 778. The molecule has 0 aliphatic rings. The van der Waals surface area contributed by atoms with Crippen molar-refractivity contribution in [2.75, 3.05) is 12.8 Å². The molecular formula is C17H16N2O2. The molecule has 2 N–H and O–H groups in total. The number of hydrogen-bond acceptors (Lipinski definition) is 4. The molecule has 4 nitrogen and oxygen atoms in total. The van der Waals surface area contributed by atoms with Crippen LogP contribution in [0, 0.1) is 6.92 Å². The Labute approximate surface area is 123 Å². The number of ether oxygens (including phenoxy) is 1. The number of aromatic nitrogens is 1. The Morgan fingerprint density at radius 1 is 1.00 bits per heavy atom. The van der Waals surface area contributed by atoms with Crippen molar-refractivity contribution in [1.29, 1.82) is 0 Å². The van der Waals surface area contributed by atoms with Crippen molar-refractivity contribution in [3.05, 3.63) is 54.1 Å². The normalized spacial score (nSPS) is 10.6. The van der Waals surface area contributed by atoms with E-state index in [1.54, 1.807) is 7.11 Å². The minimum Gasteiger partial charge on any atom is -0.496 e. The molecule has 0 unspecified atom stereocenters. The fraction of sp³-hybridized carbons (Fsp3) is 0.118. The summed E-state index contributed by atoms with van der Waals surface area (Å²) >= 11 is 0. The number of nitrogens with two attached hydrogens (primary N) is 1. The minimum absolute atomic E-state index is 0.310. The number of anilines is 1. The van der Waals surface area contributed by atoms with Crippen LogP contribution in [0.1, 0.15) is 5.56 Å². The van der Waals surface area contributed by atoms with E-state index in [1.165, 1.54) is 0 Å². The second-order valence-corrected chi connectivity index (χ2v) is 4.79. The molecule has 1 aromatic heterocycles. The number of rotatable bonds is 3. The summed E-state index contributed by atoms with van der Waals surface area (Å²) in [7, 11) is 1.63. The second kappa shape index (κ2) is 5.32. The molecule has 0 spiro atoms. The van der Waals surface area contributed by atoms with Crippen LogP contribution in [0.3, 0.4) is 0 Å². The molecule has 0 amide bonds. The molecule has 0 atom stereocenters. The van der Waals surface area contributed by atoms with Crippen molar-refractivity contribution in [1.82, 2.24) is 5.16 Å². The summed E-state index contributed by atoms with van der Waals surface area (Å²) in [5, 5.41) is 4.13. The first kappa shape index (κ1) is 13.2. The minimum atomic E-state index is 0.310. The molecule has 0 fully saturated rings. The van der Waals surface area contributed by atoms with E-state index in [2.05, 4.69) is 5.16 Å². The number of methoxy groups -OCH3 is 1. The van der Waals surface area contributed by atoms with Gasteiger partial charge in [0.25, 0.3) is 0 Å². The number of para-hydroxylation sites is 1. The molecule has 0 radical (unpaired) electrons. The molecule has 0 saturated heterocycles. The van der Waals surface area contributed by atoms with Crippen LogP contribution in [-0.4, -0.2) is 12.3 Å². The Morgan fingerprint density at radius 2 is 1.67 bits per heavy atom. The first-order valence-electron chi connectivity index (χ1n) is 6.67. The third-order valence-corrected chi connectivity index (χ3v) is 3.49. The zero-order valence-corrected chi connectivity index (χ0v) is 12.0. The lowest BCUT2D eigenvalue weighted by atomic mass is 9.97. The molecule has 0 aliphatic carbocycles. The zero-order chi connectivity index (χ0) is 14.8. The van der Waals surface area contributed by atoms with Crippen LogP contribution in [0.2, 0.25) is 0 Å². The van der Waals surface area contributed by atoms with Gasteiger partial charge >= 0.3 is 0 Å². The van der Waals surface area contributed by atoms with E-state index in [0.29, 0.717) is 11.6 Å². The van der Waals surface area contributed by atoms with Crippen LogP contribution < -0.4 is 10.5 Å². The van der Waals surface area contributed by atoms with Crippen molar-refractivity contribution >= 4 is 5.88 Å². The predicted molar refractivity (Wildman–Crippen MR) is 83.1 cm³/mol. The lowest BCUT2D eigenvalue weighted by molar-refractivity contribution is 0.414. The van der Waals surface area contributed by atoms with E-state index in [9.17, 15) is 0 Å². The Morgan fingerprint density at radius 3 is 2.38 bits per heavy atom. The summed E-state index contributed by atoms with van der Waals surface area (Å²) in [5.41, 5.74) is 10.5. The maximum Gasteiger partial charge on any atom is 0.230 e. The van der Waals surface area contributed by atoms with Gasteiger partial charge in [0.15, 0.2) is 0 Å². The van der Waals surface area contributed by atoms with E-state index in [-0.39, 0.29) is 0 Å². The van der Waals surface area contributed by atoms with Crippen molar-refractivity contribution in [3.8, 4) is 28.1 Å². The van der Waals surface area contributed by atoms with E-state index in [0.717, 1.165) is 28.0 Å². The summed E-state index contributed by atoms with van der Waals surface area (Å²) in [6.07, 6.45) is 0. The van der Waals surface area contributed by atoms with Crippen LogP contribution in [0.15, 0.2) is 53.1 Å². The second-order valence-electron chi connectivity index (χ2n) is 4.79. The molecule has 0 bridgehead atoms. The van der Waals surface area contributed by atoms with Gasteiger partial charge in [-0.3, -0.25) is 0 Å². The van der Waals surface area contributed by atoms with Gasteiger partial charge in [-0.25, -0.2) is 0 Å². The fourth-order valence-corrected chi connectivity index (χ4v) is 2.44. The van der Waals surface area contributed by atoms with Gasteiger partial charge in [-0.05, 0) is 30.2 Å². The first-order valence-corrected chi connectivity index (χ1v) is 6.67. The lowest BCUT2D eigenvalue weighted by Crippen LogP contribution is -1.92. The maximum absolute atomic E-state index is 6.00. The van der Waals surface area contributed by atoms with Gasteiger partial charge in [0.2, 0.25) is 5.88 Å². The molecule has 2 aromatic carbocycles. The Hall–Kier alpha value is -2.75. The zero-order valence-electron chi connectivity index (χ0n) is 12.0. The number of aryl methyl sites for hydroxylation is 1. The van der Waals surface area contributed by atoms with E-state index in [4.69, 9.17) is 15.0 Å². The maximum atomic E-state index is 6.00. The highest BCUT2D eigenvalue weighted by Crippen LogP contribution is 2.40. The largest absolute Gasteiger partial charge is 0.496 e. The van der Waals surface area contributed by atoms with Gasteiger partial charge in [-0.2, -0.15) is 0 Å². The smallest absolute Gasteiger partial charge is 0.230 e. The van der Waals surface area contributed by atoms with Crippen LogP contribution in [0.5, 0.6) is 5.75 Å². The molecule has 0 saturated carbocycles. The van der Waals surface area contributed by atoms with E-state index >= 15 is 0 Å². The van der Waals surface area contributed by atoms with Crippen molar-refractivity contribution < 1.29 is 9.26 Å². The van der Waals surface area contributed by atoms with Gasteiger partial charge in [0, 0.05) is 5.56 Å². The Balaban J connectivity index is 2.25. The van der Waals surface area contributed by atoms with Gasteiger partial charge < -0.3 is 15.0 Å². The standard InChI is InChI=1S/C17H16N2O2/c1-11-7-3-4-8-12(11)15-16(19-21-17(15)18)13-9-5-6-10-14(13)20-2/h3-10H,18H2,1-2H3. The Kier molecular flexibility index (Phi) is 3.36. The first-order chi connectivity index (χ1) is 10.2. The highest BCUT2D eigenvalue weighted by atomic mass is 16.5. The lowest BCUT2D eigenvalue weighted by Gasteiger charge is -2.09. The number of nitrogens with zero attached hydrogens (tertiary/aromatic N) is 1. The van der Waals surface area contributed by atoms with Gasteiger partial charge in [-0.1, -0.05) is 41.6 Å². The summed E-state index contributed by atoms with van der Waals surface area (Å²) < 4.78 is 10.6. The third kappa shape index (κ3) is 2.25. The van der Waals surface area contributed by atoms with Crippen molar-refractivity contribution in [3.63, 3.8) is 0 Å². The van der Waals surface area contributed by atoms with E-state index in [1.807, 2.05) is 55.5 Å². The molecule has 21 heavy (non-hydrogen) atoms. The third-order valence-electron chi connectivity index (χ3n) is 3.49. The van der Waals surface area contributed by atoms with Crippen molar-refractivity contribution in [2.45, 2.75) is 6.92 Å².